The lowest BCUT2D eigenvalue weighted by molar-refractivity contribution is -0.132. The molecule has 3 aromatic heterocycles. The van der Waals surface area contributed by atoms with Crippen molar-refractivity contribution in [1.82, 2.24) is 24.5 Å². The Bertz CT molecular complexity index is 1460. The van der Waals surface area contributed by atoms with Gasteiger partial charge in [0.1, 0.15) is 23.3 Å². The molecule has 0 bridgehead atoms. The maximum atomic E-state index is 13.3. The molecule has 1 saturated heterocycles. The van der Waals surface area contributed by atoms with Gasteiger partial charge in [0.15, 0.2) is 23.4 Å². The third kappa shape index (κ3) is 4.60. The van der Waals surface area contributed by atoms with Gasteiger partial charge >= 0.3 is 13.8 Å². The van der Waals surface area contributed by atoms with E-state index in [1.54, 1.807) is 6.92 Å². The highest BCUT2D eigenvalue weighted by Crippen LogP contribution is 2.54. The highest BCUT2D eigenvalue weighted by Gasteiger charge is 2.54. The van der Waals surface area contributed by atoms with Gasteiger partial charge in [-0.1, -0.05) is 0 Å². The summed E-state index contributed by atoms with van der Waals surface area (Å²) in [5, 5.41) is 21.9. The zero-order chi connectivity index (χ0) is 27.4. The van der Waals surface area contributed by atoms with E-state index < -0.39 is 44.4 Å². The van der Waals surface area contributed by atoms with Crippen LogP contribution in [0.25, 0.3) is 11.2 Å². The van der Waals surface area contributed by atoms with Crippen LogP contribution in [0.3, 0.4) is 0 Å². The number of fused-ring (bicyclic) bond motifs is 2. The van der Waals surface area contributed by atoms with Crippen molar-refractivity contribution in [2.24, 2.45) is 0 Å². The number of nitrogens with two attached hydrogens (primary N) is 2. The van der Waals surface area contributed by atoms with Crippen molar-refractivity contribution in [2.75, 3.05) is 18.1 Å². The van der Waals surface area contributed by atoms with Crippen molar-refractivity contribution in [2.45, 2.75) is 58.0 Å². The second-order valence-corrected chi connectivity index (χ2v) is 10.7. The summed E-state index contributed by atoms with van der Waals surface area (Å²) in [6.45, 7) is 3.33. The quantitative estimate of drug-likeness (QED) is 0.250. The molecule has 1 unspecified atom stereocenters. The molecule has 0 spiro atoms. The van der Waals surface area contributed by atoms with Gasteiger partial charge in [0.2, 0.25) is 5.95 Å². The standard InChI is InChI=1S/C21H26N7O9P/c1-9-15(36-10(2)29)12-6-34-38(32,33-5-11(12)4-24-9)35-7-13-16(30)21(3,31)19(37-13)28-8-25-14-17(22)26-20(23)27-18(14)28/h4,8,13,16,19,30-31H,5-7H2,1-3H3,(H4,22,23,26,27)/t13-,16+,19-,21+,38?/m1/s1. The van der Waals surface area contributed by atoms with E-state index in [0.29, 0.717) is 16.8 Å². The average molecular weight is 551 g/mol. The maximum absolute atomic E-state index is 13.3. The molecular formula is C21H26N7O9P. The van der Waals surface area contributed by atoms with Gasteiger partial charge in [-0.15, -0.1) is 0 Å². The topological polar surface area (TPSA) is 229 Å². The van der Waals surface area contributed by atoms with E-state index in [1.165, 1.54) is 30.9 Å². The van der Waals surface area contributed by atoms with Crippen molar-refractivity contribution in [3.63, 3.8) is 0 Å². The van der Waals surface area contributed by atoms with Gasteiger partial charge < -0.3 is 31.2 Å². The van der Waals surface area contributed by atoms with Crippen LogP contribution in [0.1, 0.15) is 36.9 Å². The van der Waals surface area contributed by atoms with Crippen LogP contribution < -0.4 is 16.2 Å². The average Bonchev–Trinajstić information content (AvgIpc) is 3.29. The third-order valence-electron chi connectivity index (χ3n) is 6.27. The highest BCUT2D eigenvalue weighted by atomic mass is 31.2. The number of carbonyl (C=O) groups excluding carboxylic acids is 1. The Morgan fingerprint density at radius 2 is 2.03 bits per heavy atom. The lowest BCUT2D eigenvalue weighted by Crippen LogP contribution is -2.44. The molecular weight excluding hydrogens is 525 g/mol. The number of nitrogen functional groups attached to an aromatic ring is 2. The molecule has 5 heterocycles. The number of aliphatic hydroxyl groups is 2. The highest BCUT2D eigenvalue weighted by molar-refractivity contribution is 7.48. The lowest BCUT2D eigenvalue weighted by Gasteiger charge is -2.27. The Balaban J connectivity index is 1.32. The number of esters is 1. The van der Waals surface area contributed by atoms with E-state index in [2.05, 4.69) is 19.9 Å². The fourth-order valence-electron chi connectivity index (χ4n) is 4.31. The molecule has 204 valence electrons. The number of ether oxygens (including phenoxy) is 2. The Kier molecular flexibility index (Phi) is 6.59. The molecule has 16 nitrogen and oxygen atoms in total. The second kappa shape index (κ2) is 9.50. The molecule has 2 aliphatic rings. The molecule has 0 saturated carbocycles. The molecule has 38 heavy (non-hydrogen) atoms. The van der Waals surface area contributed by atoms with Gasteiger partial charge in [-0.25, -0.2) is 9.55 Å². The van der Waals surface area contributed by atoms with Crippen LogP contribution in [0.5, 0.6) is 5.75 Å². The number of phosphoric ester groups is 1. The Labute approximate surface area is 215 Å². The van der Waals surface area contributed by atoms with Gasteiger partial charge in [-0.3, -0.25) is 27.9 Å². The molecule has 0 aliphatic carbocycles. The normalized spacial score (nSPS) is 29.2. The first-order valence-electron chi connectivity index (χ1n) is 11.4. The number of hydrogen-bond acceptors (Lipinski definition) is 15. The minimum atomic E-state index is -4.18. The first-order chi connectivity index (χ1) is 17.9. The van der Waals surface area contributed by atoms with Crippen LogP contribution >= 0.6 is 7.82 Å². The number of anilines is 2. The molecule has 1 fully saturated rings. The number of aromatic nitrogens is 5. The predicted molar refractivity (Wildman–Crippen MR) is 128 cm³/mol. The predicted octanol–water partition coefficient (Wildman–Crippen LogP) is 0.500. The molecule has 17 heteroatoms. The van der Waals surface area contributed by atoms with E-state index in [1.807, 2.05) is 0 Å². The Morgan fingerprint density at radius 1 is 1.29 bits per heavy atom. The number of imidazole rings is 1. The van der Waals surface area contributed by atoms with Crippen molar-refractivity contribution in [3.8, 4) is 5.75 Å². The molecule has 5 rings (SSSR count). The second-order valence-electron chi connectivity index (χ2n) is 9.05. The first kappa shape index (κ1) is 26.4. The van der Waals surface area contributed by atoms with Crippen LogP contribution in [0.15, 0.2) is 12.5 Å². The molecule has 6 N–H and O–H groups in total. The molecule has 3 aromatic rings. The molecule has 0 aromatic carbocycles. The van der Waals surface area contributed by atoms with Crippen LogP contribution in [0.4, 0.5) is 11.8 Å². The van der Waals surface area contributed by atoms with Crippen LogP contribution in [-0.2, 0) is 40.9 Å². The summed E-state index contributed by atoms with van der Waals surface area (Å²) in [7, 11) is -4.18. The van der Waals surface area contributed by atoms with Gasteiger partial charge in [0, 0.05) is 24.2 Å². The molecule has 2 aliphatic heterocycles. The number of carbonyl (C=O) groups is 1. The van der Waals surface area contributed by atoms with Crippen molar-refractivity contribution < 1.29 is 42.6 Å². The van der Waals surface area contributed by atoms with Gasteiger partial charge in [0.25, 0.3) is 0 Å². The number of aliphatic hydroxyl groups excluding tert-OH is 1. The minimum Gasteiger partial charge on any atom is -0.424 e. The minimum absolute atomic E-state index is 0.0355. The zero-order valence-corrected chi connectivity index (χ0v) is 21.5. The third-order valence-corrected chi connectivity index (χ3v) is 7.62. The summed E-state index contributed by atoms with van der Waals surface area (Å²) in [6, 6.07) is 0. The fourth-order valence-corrected chi connectivity index (χ4v) is 5.45. The Hall–Kier alpha value is -3.24. The summed E-state index contributed by atoms with van der Waals surface area (Å²) >= 11 is 0. The van der Waals surface area contributed by atoms with Crippen LogP contribution in [0.2, 0.25) is 0 Å². The van der Waals surface area contributed by atoms with Gasteiger partial charge in [0.05, 0.1) is 31.8 Å². The zero-order valence-electron chi connectivity index (χ0n) is 20.6. The SMILES string of the molecule is CC(=O)Oc1c(C)ncc2c1COP(=O)(OC[C@H]1O[C@@H](n3cnc4c(N)nc(N)nc43)[C@@](C)(O)[C@H]1O)OC2. The molecule has 0 radical (unpaired) electrons. The lowest BCUT2D eigenvalue weighted by atomic mass is 9.96. The van der Waals surface area contributed by atoms with E-state index >= 15 is 0 Å². The summed E-state index contributed by atoms with van der Waals surface area (Å²) < 4.78 is 42.1. The molecule has 0 amide bonds. The number of pyridine rings is 1. The fraction of sp³-hybridized carbons (Fsp3) is 0.476. The summed E-state index contributed by atoms with van der Waals surface area (Å²) in [4.78, 5) is 27.8. The largest absolute Gasteiger partial charge is 0.475 e. The molecule has 5 atom stereocenters. The summed E-state index contributed by atoms with van der Waals surface area (Å²) in [5.41, 5.74) is 11.5. The Morgan fingerprint density at radius 3 is 2.76 bits per heavy atom. The van der Waals surface area contributed by atoms with Crippen molar-refractivity contribution in [3.05, 3.63) is 29.3 Å². The maximum Gasteiger partial charge on any atom is 0.475 e. The van der Waals surface area contributed by atoms with E-state index in [9.17, 15) is 19.6 Å². The number of aryl methyl sites for hydroxylation is 1. The monoisotopic (exact) mass is 551 g/mol. The van der Waals surface area contributed by atoms with E-state index in [0.717, 1.165) is 0 Å². The van der Waals surface area contributed by atoms with Gasteiger partial charge in [-0.2, -0.15) is 9.97 Å². The van der Waals surface area contributed by atoms with Gasteiger partial charge in [-0.05, 0) is 13.8 Å². The van der Waals surface area contributed by atoms with Crippen molar-refractivity contribution >= 4 is 36.7 Å². The van der Waals surface area contributed by atoms with Crippen molar-refractivity contribution in [1.29, 1.82) is 0 Å². The van der Waals surface area contributed by atoms with Crippen LogP contribution in [0, 0.1) is 6.92 Å². The number of rotatable bonds is 5. The number of phosphoric acid groups is 1. The number of hydrogen-bond donors (Lipinski definition) is 4. The summed E-state index contributed by atoms with van der Waals surface area (Å²) in [5.74, 6) is -0.435. The van der Waals surface area contributed by atoms with Crippen LogP contribution in [-0.4, -0.2) is 65.1 Å². The smallest absolute Gasteiger partial charge is 0.424 e. The summed E-state index contributed by atoms with van der Waals surface area (Å²) in [6.07, 6.45) is -1.02. The first-order valence-corrected chi connectivity index (χ1v) is 12.9. The van der Waals surface area contributed by atoms with E-state index in [-0.39, 0.29) is 41.9 Å². The van der Waals surface area contributed by atoms with E-state index in [4.69, 9.17) is 34.5 Å². The number of nitrogens with zero attached hydrogens (tertiary/aromatic N) is 5.